The third-order valence-corrected chi connectivity index (χ3v) is 3.26. The van der Waals surface area contributed by atoms with E-state index in [0.717, 1.165) is 25.2 Å². The number of rotatable bonds is 5. The highest BCUT2D eigenvalue weighted by Gasteiger charge is 2.16. The van der Waals surface area contributed by atoms with Gasteiger partial charge in [-0.05, 0) is 12.1 Å². The van der Waals surface area contributed by atoms with Gasteiger partial charge in [0.1, 0.15) is 5.69 Å². The van der Waals surface area contributed by atoms with E-state index < -0.39 is 17.7 Å². The van der Waals surface area contributed by atoms with Crippen LogP contribution in [-0.4, -0.2) is 55.5 Å². The second-order valence-corrected chi connectivity index (χ2v) is 4.87. The number of aliphatic hydroxyl groups is 1. The molecule has 0 bridgehead atoms. The van der Waals surface area contributed by atoms with Gasteiger partial charge in [-0.25, -0.2) is 8.78 Å². The van der Waals surface area contributed by atoms with Gasteiger partial charge in [0.15, 0.2) is 11.6 Å². The van der Waals surface area contributed by atoms with E-state index in [1.54, 1.807) is 6.07 Å². The van der Waals surface area contributed by atoms with Crippen LogP contribution in [0.2, 0.25) is 0 Å². The molecule has 21 heavy (non-hydrogen) atoms. The monoisotopic (exact) mass is 297 g/mol. The Morgan fingerprint density at radius 3 is 2.52 bits per heavy atom. The first-order chi connectivity index (χ1) is 10.1. The van der Waals surface area contributed by atoms with Crippen molar-refractivity contribution in [1.29, 1.82) is 5.26 Å². The molecule has 0 aromatic heterocycles. The van der Waals surface area contributed by atoms with Crippen LogP contribution in [0, 0.1) is 23.0 Å². The zero-order chi connectivity index (χ0) is 15.2. The minimum atomic E-state index is -0.842. The fourth-order valence-corrected chi connectivity index (χ4v) is 2.17. The van der Waals surface area contributed by atoms with E-state index in [1.807, 2.05) is 4.90 Å². The van der Waals surface area contributed by atoms with E-state index in [2.05, 4.69) is 5.32 Å². The fraction of sp³-hybridized carbons (Fsp3) is 0.500. The largest absolute Gasteiger partial charge is 0.390 e. The van der Waals surface area contributed by atoms with Crippen molar-refractivity contribution < 1.29 is 18.6 Å². The lowest BCUT2D eigenvalue weighted by Gasteiger charge is -2.28. The van der Waals surface area contributed by atoms with Crippen LogP contribution in [0.3, 0.4) is 0 Å². The molecular weight excluding hydrogens is 280 g/mol. The summed E-state index contributed by atoms with van der Waals surface area (Å²) in [6.07, 6.45) is -0.752. The lowest BCUT2D eigenvalue weighted by molar-refractivity contribution is 0.0171. The minimum Gasteiger partial charge on any atom is -0.390 e. The molecule has 1 saturated heterocycles. The average molecular weight is 297 g/mol. The summed E-state index contributed by atoms with van der Waals surface area (Å²) in [4.78, 5) is 2.03. The zero-order valence-corrected chi connectivity index (χ0v) is 11.5. The predicted octanol–water partition coefficient (Wildman–Crippen LogP) is 0.941. The van der Waals surface area contributed by atoms with Crippen LogP contribution >= 0.6 is 0 Å². The molecular formula is C14H17F2N3O2. The normalized spacial score (nSPS) is 17.2. The third-order valence-electron chi connectivity index (χ3n) is 3.26. The lowest BCUT2D eigenvalue weighted by Crippen LogP contribution is -2.42. The van der Waals surface area contributed by atoms with Gasteiger partial charge in [-0.2, -0.15) is 5.26 Å². The minimum absolute atomic E-state index is 0.0249. The molecule has 0 amide bonds. The van der Waals surface area contributed by atoms with Crippen molar-refractivity contribution in [2.75, 3.05) is 44.7 Å². The maximum Gasteiger partial charge on any atom is 0.150 e. The standard InChI is InChI=1S/C14H17F2N3O2/c15-12-5-10(7-17)6-13(16)14(12)18-8-11(20)9-19-1-3-21-4-2-19/h5-6,11,18,20H,1-4,8-9H2. The second-order valence-electron chi connectivity index (χ2n) is 4.87. The summed E-state index contributed by atoms with van der Waals surface area (Å²) in [6.45, 7) is 3.15. The number of hydrogen-bond donors (Lipinski definition) is 2. The molecule has 1 aliphatic heterocycles. The molecule has 0 radical (unpaired) electrons. The first-order valence-electron chi connectivity index (χ1n) is 6.71. The van der Waals surface area contributed by atoms with E-state index in [0.29, 0.717) is 19.8 Å². The van der Waals surface area contributed by atoms with Crippen molar-refractivity contribution in [2.24, 2.45) is 0 Å². The van der Waals surface area contributed by atoms with Crippen molar-refractivity contribution in [3.63, 3.8) is 0 Å². The number of morpholine rings is 1. The average Bonchev–Trinajstić information content (AvgIpc) is 2.47. The Kier molecular flexibility index (Phi) is 5.44. The molecule has 2 rings (SSSR count). The summed E-state index contributed by atoms with van der Waals surface area (Å²) in [6, 6.07) is 3.60. The van der Waals surface area contributed by atoms with E-state index >= 15 is 0 Å². The molecule has 1 unspecified atom stereocenters. The van der Waals surface area contributed by atoms with Gasteiger partial charge in [0.2, 0.25) is 0 Å². The Morgan fingerprint density at radius 2 is 1.95 bits per heavy atom. The van der Waals surface area contributed by atoms with E-state index in [9.17, 15) is 13.9 Å². The van der Waals surface area contributed by atoms with E-state index in [4.69, 9.17) is 10.00 Å². The van der Waals surface area contributed by atoms with Crippen LogP contribution in [0.4, 0.5) is 14.5 Å². The number of hydrogen-bond acceptors (Lipinski definition) is 5. The van der Waals surface area contributed by atoms with Gasteiger partial charge < -0.3 is 15.2 Å². The van der Waals surface area contributed by atoms with Crippen LogP contribution in [0.25, 0.3) is 0 Å². The van der Waals surface area contributed by atoms with Gasteiger partial charge in [-0.1, -0.05) is 0 Å². The van der Waals surface area contributed by atoms with Gasteiger partial charge in [0.25, 0.3) is 0 Å². The predicted molar refractivity (Wildman–Crippen MR) is 72.8 cm³/mol. The molecule has 1 atom stereocenters. The number of ether oxygens (including phenoxy) is 1. The number of halogens is 2. The van der Waals surface area contributed by atoms with Gasteiger partial charge in [0.05, 0.1) is 31.0 Å². The number of aliphatic hydroxyl groups excluding tert-OH is 1. The topological polar surface area (TPSA) is 68.5 Å². The first kappa shape index (κ1) is 15.6. The van der Waals surface area contributed by atoms with Gasteiger partial charge in [0, 0.05) is 26.2 Å². The Hall–Kier alpha value is -1.75. The summed E-state index contributed by atoms with van der Waals surface area (Å²) < 4.78 is 32.5. The van der Waals surface area contributed by atoms with Gasteiger partial charge >= 0.3 is 0 Å². The molecule has 1 fully saturated rings. The lowest BCUT2D eigenvalue weighted by atomic mass is 10.2. The van der Waals surface area contributed by atoms with E-state index in [-0.39, 0.29) is 17.8 Å². The van der Waals surface area contributed by atoms with Crippen molar-refractivity contribution in [2.45, 2.75) is 6.10 Å². The number of benzene rings is 1. The molecule has 5 nitrogen and oxygen atoms in total. The smallest absolute Gasteiger partial charge is 0.150 e. The summed E-state index contributed by atoms with van der Waals surface area (Å²) in [7, 11) is 0. The Morgan fingerprint density at radius 1 is 1.33 bits per heavy atom. The molecule has 1 aromatic rings. The number of nitriles is 1. The van der Waals surface area contributed by atoms with Crippen molar-refractivity contribution in [3.8, 4) is 6.07 Å². The van der Waals surface area contributed by atoms with Crippen LogP contribution in [0.1, 0.15) is 5.56 Å². The molecule has 1 aliphatic rings. The number of anilines is 1. The molecule has 114 valence electrons. The van der Waals surface area contributed by atoms with Gasteiger partial charge in [-0.3, -0.25) is 4.90 Å². The maximum atomic E-state index is 13.6. The van der Waals surface area contributed by atoms with Crippen LogP contribution < -0.4 is 5.32 Å². The summed E-state index contributed by atoms with van der Waals surface area (Å²) in [5, 5.41) is 21.1. The summed E-state index contributed by atoms with van der Waals surface area (Å²) in [5.41, 5.74) is -0.403. The molecule has 1 heterocycles. The first-order valence-corrected chi connectivity index (χ1v) is 6.71. The van der Waals surface area contributed by atoms with E-state index in [1.165, 1.54) is 0 Å². The number of β-amino-alcohol motifs (C(OH)–C–C–N with tert-alkyl or cyclic N) is 1. The number of nitrogens with one attached hydrogen (secondary N) is 1. The highest BCUT2D eigenvalue weighted by atomic mass is 19.1. The molecule has 0 spiro atoms. The van der Waals surface area contributed by atoms with Crippen molar-refractivity contribution in [3.05, 3.63) is 29.3 Å². The molecule has 1 aromatic carbocycles. The Labute approximate surface area is 121 Å². The molecule has 7 heteroatoms. The Bertz CT molecular complexity index is 504. The maximum absolute atomic E-state index is 13.6. The highest BCUT2D eigenvalue weighted by molar-refractivity contribution is 5.50. The van der Waals surface area contributed by atoms with Crippen molar-refractivity contribution >= 4 is 5.69 Å². The van der Waals surface area contributed by atoms with Crippen LogP contribution in [0.15, 0.2) is 12.1 Å². The fourth-order valence-electron chi connectivity index (χ4n) is 2.17. The quantitative estimate of drug-likeness (QED) is 0.846. The molecule has 0 saturated carbocycles. The SMILES string of the molecule is N#Cc1cc(F)c(NCC(O)CN2CCOCC2)c(F)c1. The Balaban J connectivity index is 1.89. The highest BCUT2D eigenvalue weighted by Crippen LogP contribution is 2.20. The summed E-state index contributed by atoms with van der Waals surface area (Å²) >= 11 is 0. The molecule has 2 N–H and O–H groups in total. The molecule has 0 aliphatic carbocycles. The van der Waals surface area contributed by atoms with Crippen molar-refractivity contribution in [1.82, 2.24) is 4.90 Å². The van der Waals surface area contributed by atoms with Crippen LogP contribution in [0.5, 0.6) is 0 Å². The number of nitrogens with zero attached hydrogens (tertiary/aromatic N) is 2. The zero-order valence-electron chi connectivity index (χ0n) is 11.5. The third kappa shape index (κ3) is 4.36. The second kappa shape index (κ2) is 7.31. The summed E-state index contributed by atoms with van der Waals surface area (Å²) in [5.74, 6) is -1.68. The van der Waals surface area contributed by atoms with Crippen LogP contribution in [-0.2, 0) is 4.74 Å². The van der Waals surface area contributed by atoms with Gasteiger partial charge in [-0.15, -0.1) is 0 Å².